The van der Waals surface area contributed by atoms with Crippen LogP contribution in [0.1, 0.15) is 24.7 Å². The van der Waals surface area contributed by atoms with E-state index >= 15 is 0 Å². The highest BCUT2D eigenvalue weighted by atomic mass is 16.3. The minimum Gasteiger partial charge on any atom is -0.440 e. The molecule has 0 atom stereocenters. The third-order valence-electron chi connectivity index (χ3n) is 2.62. The Hall–Kier alpha value is -1.51. The van der Waals surface area contributed by atoms with Gasteiger partial charge in [0.25, 0.3) is 0 Å². The molecule has 1 aliphatic carbocycles. The fraction of sp³-hybridized carbons (Fsp3) is 0.364. The minimum atomic E-state index is 0.584. The van der Waals surface area contributed by atoms with Gasteiger partial charge in [0, 0.05) is 18.7 Å². The largest absolute Gasteiger partial charge is 0.440 e. The summed E-state index contributed by atoms with van der Waals surface area (Å²) >= 11 is 0. The van der Waals surface area contributed by atoms with Gasteiger partial charge in [-0.3, -0.25) is 0 Å². The van der Waals surface area contributed by atoms with Crippen molar-refractivity contribution in [3.8, 4) is 0 Å². The van der Waals surface area contributed by atoms with E-state index < -0.39 is 0 Å². The zero-order valence-corrected chi connectivity index (χ0v) is 8.08. The lowest BCUT2D eigenvalue weighted by molar-refractivity contribution is 0.533. The van der Waals surface area contributed by atoms with Gasteiger partial charge in [0.15, 0.2) is 11.5 Å². The van der Waals surface area contributed by atoms with Crippen molar-refractivity contribution in [2.75, 3.05) is 12.4 Å². The van der Waals surface area contributed by atoms with Crippen LogP contribution in [-0.2, 0) is 0 Å². The number of oxazole rings is 1. The first-order chi connectivity index (χ1) is 6.86. The van der Waals surface area contributed by atoms with E-state index in [2.05, 4.69) is 10.3 Å². The number of rotatable bonds is 2. The van der Waals surface area contributed by atoms with Crippen LogP contribution in [0.25, 0.3) is 11.1 Å². The molecule has 1 saturated carbocycles. The second kappa shape index (κ2) is 2.74. The van der Waals surface area contributed by atoms with E-state index in [0.29, 0.717) is 5.92 Å². The summed E-state index contributed by atoms with van der Waals surface area (Å²) in [5, 5.41) is 3.09. The maximum Gasteiger partial charge on any atom is 0.198 e. The molecule has 0 bridgehead atoms. The summed E-state index contributed by atoms with van der Waals surface area (Å²) in [6.45, 7) is 0. The molecule has 0 radical (unpaired) electrons. The SMILES string of the molecule is CNc1ccc2oc(C3CC3)nc2c1. The maximum atomic E-state index is 5.65. The molecule has 2 aromatic rings. The van der Waals surface area contributed by atoms with Crippen molar-refractivity contribution in [3.63, 3.8) is 0 Å². The van der Waals surface area contributed by atoms with Crippen LogP contribution in [0.15, 0.2) is 22.6 Å². The van der Waals surface area contributed by atoms with Crippen LogP contribution in [0.5, 0.6) is 0 Å². The van der Waals surface area contributed by atoms with Crippen molar-refractivity contribution >= 4 is 16.8 Å². The van der Waals surface area contributed by atoms with Crippen molar-refractivity contribution in [1.82, 2.24) is 4.98 Å². The Morgan fingerprint density at radius 3 is 3.00 bits per heavy atom. The number of nitrogens with zero attached hydrogens (tertiary/aromatic N) is 1. The highest BCUT2D eigenvalue weighted by molar-refractivity contribution is 5.77. The number of hydrogen-bond donors (Lipinski definition) is 1. The quantitative estimate of drug-likeness (QED) is 0.787. The van der Waals surface area contributed by atoms with E-state index in [-0.39, 0.29) is 0 Å². The molecule has 1 aromatic heterocycles. The number of hydrogen-bond acceptors (Lipinski definition) is 3. The molecule has 1 heterocycles. The lowest BCUT2D eigenvalue weighted by Crippen LogP contribution is -1.86. The summed E-state index contributed by atoms with van der Waals surface area (Å²) in [6.07, 6.45) is 2.46. The van der Waals surface area contributed by atoms with Gasteiger partial charge in [-0.25, -0.2) is 4.98 Å². The van der Waals surface area contributed by atoms with Crippen LogP contribution < -0.4 is 5.32 Å². The van der Waals surface area contributed by atoms with Crippen molar-refractivity contribution < 1.29 is 4.42 Å². The van der Waals surface area contributed by atoms with Gasteiger partial charge in [0.2, 0.25) is 0 Å². The smallest absolute Gasteiger partial charge is 0.198 e. The first kappa shape index (κ1) is 7.85. The summed E-state index contributed by atoms with van der Waals surface area (Å²) in [5.74, 6) is 1.49. The van der Waals surface area contributed by atoms with Crippen molar-refractivity contribution in [1.29, 1.82) is 0 Å². The summed E-state index contributed by atoms with van der Waals surface area (Å²) in [7, 11) is 1.91. The molecule has 14 heavy (non-hydrogen) atoms. The molecule has 1 aliphatic rings. The van der Waals surface area contributed by atoms with Gasteiger partial charge in [0.05, 0.1) is 0 Å². The van der Waals surface area contributed by atoms with Gasteiger partial charge >= 0.3 is 0 Å². The predicted molar refractivity (Wildman–Crippen MR) is 55.5 cm³/mol. The molecule has 1 aromatic carbocycles. The van der Waals surface area contributed by atoms with Gasteiger partial charge in [-0.2, -0.15) is 0 Å². The lowest BCUT2D eigenvalue weighted by Gasteiger charge is -1.96. The summed E-state index contributed by atoms with van der Waals surface area (Å²) in [5.41, 5.74) is 2.93. The average molecular weight is 188 g/mol. The van der Waals surface area contributed by atoms with Crippen LogP contribution in [0.2, 0.25) is 0 Å². The van der Waals surface area contributed by atoms with Crippen LogP contribution in [-0.4, -0.2) is 12.0 Å². The topological polar surface area (TPSA) is 38.1 Å². The molecule has 0 unspecified atom stereocenters. The number of nitrogens with one attached hydrogen (secondary N) is 1. The first-order valence-corrected chi connectivity index (χ1v) is 4.95. The molecule has 3 rings (SSSR count). The third-order valence-corrected chi connectivity index (χ3v) is 2.62. The van der Waals surface area contributed by atoms with E-state index in [0.717, 1.165) is 22.7 Å². The first-order valence-electron chi connectivity index (χ1n) is 4.95. The second-order valence-corrected chi connectivity index (χ2v) is 3.76. The molecule has 0 spiro atoms. The van der Waals surface area contributed by atoms with Crippen LogP contribution in [0.4, 0.5) is 5.69 Å². The Morgan fingerprint density at radius 2 is 2.29 bits per heavy atom. The monoisotopic (exact) mass is 188 g/mol. The Balaban J connectivity index is 2.12. The van der Waals surface area contributed by atoms with Gasteiger partial charge in [0.1, 0.15) is 5.52 Å². The van der Waals surface area contributed by atoms with E-state index in [4.69, 9.17) is 4.42 Å². The molecule has 3 heteroatoms. The van der Waals surface area contributed by atoms with E-state index in [9.17, 15) is 0 Å². The Morgan fingerprint density at radius 1 is 1.43 bits per heavy atom. The highest BCUT2D eigenvalue weighted by Gasteiger charge is 2.28. The van der Waals surface area contributed by atoms with E-state index in [1.807, 2.05) is 25.2 Å². The van der Waals surface area contributed by atoms with Crippen LogP contribution in [0.3, 0.4) is 0 Å². The maximum absolute atomic E-state index is 5.65. The van der Waals surface area contributed by atoms with Crippen molar-refractivity contribution in [2.45, 2.75) is 18.8 Å². The fourth-order valence-electron chi connectivity index (χ4n) is 1.61. The fourth-order valence-corrected chi connectivity index (χ4v) is 1.61. The number of anilines is 1. The molecule has 1 N–H and O–H groups in total. The molecule has 72 valence electrons. The summed E-state index contributed by atoms with van der Waals surface area (Å²) in [4.78, 5) is 4.48. The number of aromatic nitrogens is 1. The average Bonchev–Trinajstić information content (AvgIpc) is 2.97. The Labute approximate surface area is 82.1 Å². The van der Waals surface area contributed by atoms with Crippen molar-refractivity contribution in [3.05, 3.63) is 24.1 Å². The Bertz CT molecular complexity index is 471. The second-order valence-electron chi connectivity index (χ2n) is 3.76. The van der Waals surface area contributed by atoms with E-state index in [1.165, 1.54) is 12.8 Å². The molecule has 3 nitrogen and oxygen atoms in total. The number of fused-ring (bicyclic) bond motifs is 1. The molecular weight excluding hydrogens is 176 g/mol. The van der Waals surface area contributed by atoms with Gasteiger partial charge in [-0.15, -0.1) is 0 Å². The summed E-state index contributed by atoms with van der Waals surface area (Å²) < 4.78 is 5.65. The zero-order valence-electron chi connectivity index (χ0n) is 8.08. The Kier molecular flexibility index (Phi) is 1.54. The minimum absolute atomic E-state index is 0.584. The summed E-state index contributed by atoms with van der Waals surface area (Å²) in [6, 6.07) is 5.99. The highest BCUT2D eigenvalue weighted by Crippen LogP contribution is 2.40. The normalized spacial score (nSPS) is 16.1. The van der Waals surface area contributed by atoms with Crippen LogP contribution in [0, 0.1) is 0 Å². The standard InChI is InChI=1S/C11H12N2O/c1-12-8-4-5-10-9(6-8)13-11(14-10)7-2-3-7/h4-7,12H,2-3H2,1H3. The number of benzene rings is 1. The van der Waals surface area contributed by atoms with Crippen LogP contribution >= 0.6 is 0 Å². The van der Waals surface area contributed by atoms with Gasteiger partial charge in [-0.1, -0.05) is 0 Å². The molecular formula is C11H12N2O. The lowest BCUT2D eigenvalue weighted by atomic mass is 10.3. The molecule has 1 fully saturated rings. The zero-order chi connectivity index (χ0) is 9.54. The van der Waals surface area contributed by atoms with E-state index in [1.54, 1.807) is 0 Å². The molecule has 0 saturated heterocycles. The predicted octanol–water partition coefficient (Wildman–Crippen LogP) is 2.75. The molecule has 0 aliphatic heterocycles. The van der Waals surface area contributed by atoms with Gasteiger partial charge in [-0.05, 0) is 31.0 Å². The van der Waals surface area contributed by atoms with Crippen molar-refractivity contribution in [2.24, 2.45) is 0 Å². The third kappa shape index (κ3) is 1.16. The molecule has 0 amide bonds. The van der Waals surface area contributed by atoms with Gasteiger partial charge < -0.3 is 9.73 Å².